The number of fused-ring (bicyclic) bond motifs is 1. The van der Waals surface area contributed by atoms with Gasteiger partial charge in [-0.1, -0.05) is 12.1 Å². The van der Waals surface area contributed by atoms with Crippen molar-refractivity contribution in [3.8, 4) is 5.75 Å². The maximum atomic E-state index is 14.0. The van der Waals surface area contributed by atoms with Crippen molar-refractivity contribution in [2.24, 2.45) is 5.73 Å². The summed E-state index contributed by atoms with van der Waals surface area (Å²) in [5, 5.41) is 12.0. The molecule has 29 heavy (non-hydrogen) atoms. The van der Waals surface area contributed by atoms with Crippen LogP contribution in [0.3, 0.4) is 0 Å². The highest BCUT2D eigenvalue weighted by Crippen LogP contribution is 2.29. The van der Waals surface area contributed by atoms with Gasteiger partial charge in [0.25, 0.3) is 5.91 Å². The second-order valence-corrected chi connectivity index (χ2v) is 6.69. The zero-order valence-corrected chi connectivity index (χ0v) is 16.0. The highest BCUT2D eigenvalue weighted by Gasteiger charge is 2.23. The molecule has 2 aromatic carbocycles. The Morgan fingerprint density at radius 3 is 2.66 bits per heavy atom. The van der Waals surface area contributed by atoms with Crippen LogP contribution in [-0.4, -0.2) is 29.6 Å². The molecule has 4 N–H and O–H groups in total. The van der Waals surface area contributed by atoms with Gasteiger partial charge in [0.1, 0.15) is 35.6 Å². The molecule has 0 radical (unpaired) electrons. The molecule has 1 heterocycles. The van der Waals surface area contributed by atoms with E-state index < -0.39 is 24.5 Å². The summed E-state index contributed by atoms with van der Waals surface area (Å²) in [4.78, 5) is 23.9. The van der Waals surface area contributed by atoms with Gasteiger partial charge in [-0.2, -0.15) is 0 Å². The number of hydrogen-bond acceptors (Lipinski definition) is 5. The average molecular weight is 400 g/mol. The topological polar surface area (TPSA) is 115 Å². The molecule has 0 saturated carbocycles. The number of carbonyl (C=O) groups excluding carboxylic acids is 2. The van der Waals surface area contributed by atoms with Crippen LogP contribution in [0.5, 0.6) is 5.75 Å². The van der Waals surface area contributed by atoms with E-state index in [1.54, 1.807) is 44.2 Å². The molecule has 0 saturated heterocycles. The molecule has 1 atom stereocenters. The highest BCUT2D eigenvalue weighted by molar-refractivity contribution is 6.08. The van der Waals surface area contributed by atoms with E-state index in [1.165, 1.54) is 6.07 Å². The molecule has 1 aromatic heterocycles. The van der Waals surface area contributed by atoms with Gasteiger partial charge in [0.2, 0.25) is 5.91 Å². The lowest BCUT2D eigenvalue weighted by molar-refractivity contribution is -0.120. The van der Waals surface area contributed by atoms with Crippen molar-refractivity contribution >= 4 is 22.8 Å². The third-order valence-electron chi connectivity index (χ3n) is 4.50. The Bertz CT molecular complexity index is 1080. The van der Waals surface area contributed by atoms with Gasteiger partial charge in [-0.25, -0.2) is 4.39 Å². The smallest absolute Gasteiger partial charge is 0.256 e. The summed E-state index contributed by atoms with van der Waals surface area (Å²) in [5.74, 6) is -1.07. The van der Waals surface area contributed by atoms with E-state index in [0.29, 0.717) is 28.0 Å². The summed E-state index contributed by atoms with van der Waals surface area (Å²) < 4.78 is 25.3. The standard InChI is InChI=1S/C21H21FN2O5/c1-11-3-4-13(16(22)7-11)10-28-14-5-6-18-15(8-14)19(12(2)29-18)21(27)24-17(9-25)20(23)26/h3-8,17,25H,9-10H2,1-2H3,(H2,23,26)(H,24,27)/t17-/m0/s1. The largest absolute Gasteiger partial charge is 0.489 e. The van der Waals surface area contributed by atoms with Crippen molar-refractivity contribution in [1.29, 1.82) is 0 Å². The van der Waals surface area contributed by atoms with Crippen molar-refractivity contribution < 1.29 is 28.2 Å². The number of nitrogens with one attached hydrogen (secondary N) is 1. The van der Waals surface area contributed by atoms with E-state index in [9.17, 15) is 19.1 Å². The molecule has 3 rings (SSSR count). The zero-order chi connectivity index (χ0) is 21.1. The number of nitrogens with two attached hydrogens (primary N) is 1. The minimum atomic E-state index is -1.21. The van der Waals surface area contributed by atoms with E-state index in [-0.39, 0.29) is 18.0 Å². The lowest BCUT2D eigenvalue weighted by Gasteiger charge is -2.12. The number of halogens is 1. The number of aliphatic hydroxyl groups is 1. The van der Waals surface area contributed by atoms with Gasteiger partial charge in [-0.05, 0) is 43.7 Å². The number of rotatable bonds is 7. The van der Waals surface area contributed by atoms with Crippen LogP contribution in [0.4, 0.5) is 4.39 Å². The number of hydrogen-bond donors (Lipinski definition) is 3. The molecule has 0 unspecified atom stereocenters. The quantitative estimate of drug-likeness (QED) is 0.563. The highest BCUT2D eigenvalue weighted by atomic mass is 19.1. The van der Waals surface area contributed by atoms with Gasteiger partial charge in [0.15, 0.2) is 0 Å². The minimum absolute atomic E-state index is 0.0181. The van der Waals surface area contributed by atoms with E-state index in [2.05, 4.69) is 5.32 Å². The van der Waals surface area contributed by atoms with Crippen molar-refractivity contribution in [3.05, 3.63) is 64.7 Å². The molecule has 0 spiro atoms. The van der Waals surface area contributed by atoms with Gasteiger partial charge < -0.3 is 25.3 Å². The predicted octanol–water partition coefficient (Wildman–Crippen LogP) is 2.34. The first-order chi connectivity index (χ1) is 13.8. The number of benzene rings is 2. The minimum Gasteiger partial charge on any atom is -0.489 e. The second kappa shape index (κ2) is 8.32. The Balaban J connectivity index is 1.86. The number of furan rings is 1. The normalized spacial score (nSPS) is 12.0. The van der Waals surface area contributed by atoms with Crippen molar-refractivity contribution in [1.82, 2.24) is 5.32 Å². The molecular formula is C21H21FN2O5. The first kappa shape index (κ1) is 20.3. The van der Waals surface area contributed by atoms with E-state index in [0.717, 1.165) is 5.56 Å². The number of amides is 2. The number of primary amides is 1. The molecule has 0 aliphatic carbocycles. The van der Waals surface area contributed by atoms with Crippen LogP contribution in [0.2, 0.25) is 0 Å². The first-order valence-corrected chi connectivity index (χ1v) is 8.92. The van der Waals surface area contributed by atoms with Crippen LogP contribution in [0.15, 0.2) is 40.8 Å². The lowest BCUT2D eigenvalue weighted by Crippen LogP contribution is -2.46. The van der Waals surface area contributed by atoms with Crippen LogP contribution in [-0.2, 0) is 11.4 Å². The second-order valence-electron chi connectivity index (χ2n) is 6.69. The van der Waals surface area contributed by atoms with E-state index >= 15 is 0 Å². The van der Waals surface area contributed by atoms with Gasteiger partial charge in [-0.15, -0.1) is 0 Å². The van der Waals surface area contributed by atoms with E-state index in [4.69, 9.17) is 14.9 Å². The Morgan fingerprint density at radius 1 is 1.24 bits per heavy atom. The average Bonchev–Trinajstić information content (AvgIpc) is 3.00. The molecule has 8 heteroatoms. The summed E-state index contributed by atoms with van der Waals surface area (Å²) in [5.41, 5.74) is 7.02. The van der Waals surface area contributed by atoms with Crippen LogP contribution < -0.4 is 15.8 Å². The fraction of sp³-hybridized carbons (Fsp3) is 0.238. The predicted molar refractivity (Wildman–Crippen MR) is 104 cm³/mol. The van der Waals surface area contributed by atoms with Crippen molar-refractivity contribution in [2.75, 3.05) is 6.61 Å². The number of aliphatic hydroxyl groups excluding tert-OH is 1. The van der Waals surface area contributed by atoms with Crippen LogP contribution in [0.1, 0.15) is 27.2 Å². The Kier molecular flexibility index (Phi) is 5.84. The molecule has 0 bridgehead atoms. The molecule has 152 valence electrons. The molecule has 0 aliphatic rings. The van der Waals surface area contributed by atoms with Crippen molar-refractivity contribution in [3.63, 3.8) is 0 Å². The molecule has 2 amide bonds. The molecule has 0 aliphatic heterocycles. The van der Waals surface area contributed by atoms with Gasteiger partial charge in [0, 0.05) is 10.9 Å². The van der Waals surface area contributed by atoms with Gasteiger partial charge in [-0.3, -0.25) is 9.59 Å². The van der Waals surface area contributed by atoms with Crippen LogP contribution >= 0.6 is 0 Å². The SMILES string of the molecule is Cc1ccc(COc2ccc3oc(C)c(C(=O)N[C@@H](CO)C(N)=O)c3c2)c(F)c1. The third-order valence-corrected chi connectivity index (χ3v) is 4.50. The molecule has 3 aromatic rings. The number of carbonyl (C=O) groups is 2. The lowest BCUT2D eigenvalue weighted by atomic mass is 10.1. The Morgan fingerprint density at radius 2 is 2.00 bits per heavy atom. The number of ether oxygens (including phenoxy) is 1. The first-order valence-electron chi connectivity index (χ1n) is 8.92. The summed E-state index contributed by atoms with van der Waals surface area (Å²) in [6.45, 7) is 2.81. The Labute approximate surface area is 166 Å². The monoisotopic (exact) mass is 400 g/mol. The summed E-state index contributed by atoms with van der Waals surface area (Å²) in [6, 6.07) is 8.56. The maximum Gasteiger partial charge on any atom is 0.256 e. The van der Waals surface area contributed by atoms with Gasteiger partial charge in [0.05, 0.1) is 12.2 Å². The zero-order valence-electron chi connectivity index (χ0n) is 16.0. The Hall–Kier alpha value is -3.39. The maximum absolute atomic E-state index is 14.0. The summed E-state index contributed by atoms with van der Waals surface area (Å²) >= 11 is 0. The molecule has 0 fully saturated rings. The fourth-order valence-corrected chi connectivity index (χ4v) is 2.94. The van der Waals surface area contributed by atoms with Crippen LogP contribution in [0, 0.1) is 19.7 Å². The fourth-order valence-electron chi connectivity index (χ4n) is 2.94. The van der Waals surface area contributed by atoms with Gasteiger partial charge >= 0.3 is 0 Å². The molecular weight excluding hydrogens is 379 g/mol. The summed E-state index contributed by atoms with van der Waals surface area (Å²) in [6.07, 6.45) is 0. The van der Waals surface area contributed by atoms with Crippen LogP contribution in [0.25, 0.3) is 11.0 Å². The summed E-state index contributed by atoms with van der Waals surface area (Å²) in [7, 11) is 0. The molecule has 7 nitrogen and oxygen atoms in total. The van der Waals surface area contributed by atoms with Crippen molar-refractivity contribution in [2.45, 2.75) is 26.5 Å². The number of aryl methyl sites for hydroxylation is 2. The third kappa shape index (κ3) is 4.38. The van der Waals surface area contributed by atoms with E-state index in [1.807, 2.05) is 0 Å².